The van der Waals surface area contributed by atoms with Crippen LogP contribution in [0.1, 0.15) is 85.5 Å². The molecule has 6 fully saturated rings. The molecule has 2 aliphatic heterocycles. The average Bonchev–Trinajstić information content (AvgIpc) is 3.34. The Kier molecular flexibility index (Phi) is 8.85. The SMILES string of the molecule is COCCOCCOCCOCCN1C[C@@H](C)C[C@H]2O[C@]3(CC[C@H]4[C@@H]5CCC6=C[C@@H](O)CC[C@]6(C)[C@H]5CC45CC53C)[C@H](C)[C@@H]21. The maximum Gasteiger partial charge on any atom is 0.0787 e. The van der Waals surface area contributed by atoms with Gasteiger partial charge in [0.25, 0.3) is 0 Å². The summed E-state index contributed by atoms with van der Waals surface area (Å²) in [5.41, 5.74) is 2.66. The van der Waals surface area contributed by atoms with Gasteiger partial charge < -0.3 is 28.8 Å². The number of methoxy groups -OCH3 is 1. The van der Waals surface area contributed by atoms with Gasteiger partial charge in [0.1, 0.15) is 0 Å². The molecule has 0 aromatic heterocycles. The van der Waals surface area contributed by atoms with Gasteiger partial charge in [0.15, 0.2) is 0 Å². The number of aliphatic hydroxyl groups excluding tert-OH is 1. The summed E-state index contributed by atoms with van der Waals surface area (Å²) in [6.07, 6.45) is 13.6. The van der Waals surface area contributed by atoms with E-state index in [9.17, 15) is 5.11 Å². The Labute approximate surface area is 266 Å². The van der Waals surface area contributed by atoms with Crippen molar-refractivity contribution in [3.05, 3.63) is 11.6 Å². The molecule has 2 heterocycles. The first-order chi connectivity index (χ1) is 21.2. The van der Waals surface area contributed by atoms with Crippen LogP contribution >= 0.6 is 0 Å². The largest absolute Gasteiger partial charge is 0.389 e. The number of rotatable bonds is 12. The zero-order chi connectivity index (χ0) is 30.7. The number of piperidine rings is 1. The van der Waals surface area contributed by atoms with Crippen molar-refractivity contribution in [3.8, 4) is 0 Å². The average molecular weight is 616 g/mol. The minimum Gasteiger partial charge on any atom is -0.389 e. The summed E-state index contributed by atoms with van der Waals surface area (Å²) in [5, 5.41) is 10.4. The lowest BCUT2D eigenvalue weighted by molar-refractivity contribution is -0.148. The second-order valence-corrected chi connectivity index (χ2v) is 16.5. The van der Waals surface area contributed by atoms with Crippen LogP contribution < -0.4 is 0 Å². The van der Waals surface area contributed by atoms with Crippen LogP contribution in [0, 0.1) is 45.8 Å². The molecule has 7 aliphatic rings. The summed E-state index contributed by atoms with van der Waals surface area (Å²) in [7, 11) is 1.69. The molecule has 0 radical (unpaired) electrons. The standard InChI is InChI=1S/C37H61NO6/c1-25-20-32-33(38(23-25)12-13-41-16-17-43-19-18-42-15-14-40-5)26(2)37(44-32)11-9-30-29-7-6-27-21-28(39)8-10-34(27,3)31(29)22-36(30)24-35(36,37)4/h21,25-26,28-33,39H,6-20,22-24H2,1-5H3/t25-,26+,28-,29-,30-,31-,32+,33-,34-,35?,36?,37+/m0/s1. The van der Waals surface area contributed by atoms with E-state index in [0.717, 1.165) is 43.9 Å². The van der Waals surface area contributed by atoms with E-state index in [1.54, 1.807) is 12.7 Å². The number of fused-ring (bicyclic) bond motifs is 6. The van der Waals surface area contributed by atoms with E-state index in [4.69, 9.17) is 23.7 Å². The molecule has 0 amide bonds. The molecule has 2 unspecified atom stereocenters. The molecule has 44 heavy (non-hydrogen) atoms. The summed E-state index contributed by atoms with van der Waals surface area (Å²) in [6, 6.07) is 0.497. The van der Waals surface area contributed by atoms with Crippen LogP contribution in [0.15, 0.2) is 11.6 Å². The first kappa shape index (κ1) is 32.0. The normalized spacial score (nSPS) is 49.2. The van der Waals surface area contributed by atoms with Crippen LogP contribution in [0.2, 0.25) is 0 Å². The van der Waals surface area contributed by atoms with Gasteiger partial charge in [-0.2, -0.15) is 0 Å². The lowest BCUT2D eigenvalue weighted by Gasteiger charge is -2.50. The van der Waals surface area contributed by atoms with Crippen molar-refractivity contribution < 1.29 is 28.8 Å². The van der Waals surface area contributed by atoms with Gasteiger partial charge in [-0.3, -0.25) is 4.90 Å². The van der Waals surface area contributed by atoms with Crippen molar-refractivity contribution in [3.63, 3.8) is 0 Å². The molecule has 2 spiro atoms. The number of hydrogen-bond acceptors (Lipinski definition) is 7. The molecular weight excluding hydrogens is 554 g/mol. The van der Waals surface area contributed by atoms with E-state index in [-0.39, 0.29) is 11.7 Å². The minimum absolute atomic E-state index is 0.0109. The fraction of sp³-hybridized carbons (Fsp3) is 0.946. The van der Waals surface area contributed by atoms with Crippen LogP contribution in [0.5, 0.6) is 0 Å². The first-order valence-electron chi connectivity index (χ1n) is 18.2. The lowest BCUT2D eigenvalue weighted by atomic mass is 9.56. The molecule has 5 aliphatic carbocycles. The Hall–Kier alpha value is -0.540. The van der Waals surface area contributed by atoms with Crippen molar-refractivity contribution in [2.75, 3.05) is 66.4 Å². The molecule has 4 saturated carbocycles. The van der Waals surface area contributed by atoms with Gasteiger partial charge in [0.05, 0.1) is 64.1 Å². The van der Waals surface area contributed by atoms with E-state index in [2.05, 4.69) is 38.7 Å². The Bertz CT molecular complexity index is 1070. The summed E-state index contributed by atoms with van der Waals surface area (Å²) < 4.78 is 29.7. The minimum atomic E-state index is -0.220. The molecule has 7 rings (SSSR count). The number of ether oxygens (including phenoxy) is 5. The molecule has 250 valence electrons. The molecular formula is C37H61NO6. The second kappa shape index (κ2) is 12.2. The van der Waals surface area contributed by atoms with Gasteiger partial charge in [0.2, 0.25) is 0 Å². The number of nitrogens with zero attached hydrogens (tertiary/aromatic N) is 1. The van der Waals surface area contributed by atoms with E-state index in [0.29, 0.717) is 79.9 Å². The van der Waals surface area contributed by atoms with Gasteiger partial charge in [-0.1, -0.05) is 39.3 Å². The lowest BCUT2D eigenvalue weighted by Crippen LogP contribution is -2.55. The van der Waals surface area contributed by atoms with Crippen LogP contribution in [0.25, 0.3) is 0 Å². The van der Waals surface area contributed by atoms with E-state index < -0.39 is 0 Å². The van der Waals surface area contributed by atoms with Crippen molar-refractivity contribution in [2.45, 2.75) is 109 Å². The highest BCUT2D eigenvalue weighted by Gasteiger charge is 2.84. The zero-order valence-corrected chi connectivity index (χ0v) is 28.4. The van der Waals surface area contributed by atoms with Crippen molar-refractivity contribution in [1.29, 1.82) is 0 Å². The molecule has 0 bridgehead atoms. The quantitative estimate of drug-likeness (QED) is 0.230. The van der Waals surface area contributed by atoms with Gasteiger partial charge >= 0.3 is 0 Å². The van der Waals surface area contributed by atoms with Gasteiger partial charge in [-0.25, -0.2) is 0 Å². The van der Waals surface area contributed by atoms with Crippen molar-refractivity contribution in [1.82, 2.24) is 4.90 Å². The van der Waals surface area contributed by atoms with Crippen LogP contribution in [0.3, 0.4) is 0 Å². The maximum absolute atomic E-state index is 10.4. The summed E-state index contributed by atoms with van der Waals surface area (Å²) in [4.78, 5) is 2.74. The Morgan fingerprint density at radius 2 is 1.66 bits per heavy atom. The monoisotopic (exact) mass is 615 g/mol. The van der Waals surface area contributed by atoms with Crippen LogP contribution in [-0.4, -0.2) is 100 Å². The predicted molar refractivity (Wildman–Crippen MR) is 170 cm³/mol. The van der Waals surface area contributed by atoms with E-state index in [1.807, 2.05) is 0 Å². The summed E-state index contributed by atoms with van der Waals surface area (Å²) in [5.74, 6) is 3.72. The molecule has 7 heteroatoms. The second-order valence-electron chi connectivity index (χ2n) is 16.5. The van der Waals surface area contributed by atoms with E-state index in [1.165, 1.54) is 51.4 Å². The van der Waals surface area contributed by atoms with Gasteiger partial charge in [-0.05, 0) is 92.3 Å². The smallest absolute Gasteiger partial charge is 0.0787 e. The third-order valence-corrected chi connectivity index (χ3v) is 14.7. The summed E-state index contributed by atoms with van der Waals surface area (Å²) >= 11 is 0. The zero-order valence-electron chi connectivity index (χ0n) is 28.4. The maximum atomic E-state index is 10.4. The number of aliphatic hydroxyl groups is 1. The highest BCUT2D eigenvalue weighted by molar-refractivity contribution is 5.35. The number of likely N-dealkylation sites (tertiary alicyclic amines) is 1. The molecule has 0 aromatic carbocycles. The molecule has 1 N–H and O–H groups in total. The fourth-order valence-electron chi connectivity index (χ4n) is 12.6. The molecule has 0 aromatic rings. The highest BCUT2D eigenvalue weighted by atomic mass is 16.6. The Morgan fingerprint density at radius 1 is 0.932 bits per heavy atom. The van der Waals surface area contributed by atoms with Crippen LogP contribution in [-0.2, 0) is 23.7 Å². The molecule has 7 nitrogen and oxygen atoms in total. The fourth-order valence-corrected chi connectivity index (χ4v) is 12.6. The van der Waals surface area contributed by atoms with Gasteiger partial charge in [-0.15, -0.1) is 0 Å². The third kappa shape index (κ3) is 4.92. The Balaban J connectivity index is 0.984. The predicted octanol–water partition coefficient (Wildman–Crippen LogP) is 5.49. The Morgan fingerprint density at radius 3 is 2.41 bits per heavy atom. The van der Waals surface area contributed by atoms with E-state index >= 15 is 0 Å². The van der Waals surface area contributed by atoms with Crippen molar-refractivity contribution >= 4 is 0 Å². The van der Waals surface area contributed by atoms with Crippen molar-refractivity contribution in [2.24, 2.45) is 45.8 Å². The molecule has 12 atom stereocenters. The number of allylic oxidation sites excluding steroid dienone is 1. The van der Waals surface area contributed by atoms with Crippen LogP contribution in [0.4, 0.5) is 0 Å². The first-order valence-corrected chi connectivity index (χ1v) is 18.2. The third-order valence-electron chi connectivity index (χ3n) is 14.7. The van der Waals surface area contributed by atoms with Gasteiger partial charge in [0, 0.05) is 37.6 Å². The molecule has 2 saturated heterocycles. The summed E-state index contributed by atoms with van der Waals surface area (Å²) in [6.45, 7) is 16.7. The topological polar surface area (TPSA) is 69.6 Å². The highest BCUT2D eigenvalue weighted by Crippen LogP contribution is 2.87. The number of hydrogen-bond donors (Lipinski definition) is 1.